The molecule has 2 nitrogen and oxygen atoms in total. The molecule has 0 aromatic heterocycles. The van der Waals surface area contributed by atoms with Crippen molar-refractivity contribution in [2.45, 2.75) is 125 Å². The minimum absolute atomic E-state index is 0.0951. The van der Waals surface area contributed by atoms with E-state index >= 15 is 0 Å². The summed E-state index contributed by atoms with van der Waals surface area (Å²) in [4.78, 5) is 11.5. The van der Waals surface area contributed by atoms with Crippen molar-refractivity contribution in [1.29, 1.82) is 0 Å². The van der Waals surface area contributed by atoms with Gasteiger partial charge in [0.25, 0.3) is 0 Å². The Hall–Kier alpha value is -0.370. The Morgan fingerprint density at radius 3 is 2.29 bits per heavy atom. The third kappa shape index (κ3) is 2.69. The van der Waals surface area contributed by atoms with E-state index < -0.39 is 0 Å². The molecule has 0 heterocycles. The molecule has 0 saturated heterocycles. The van der Waals surface area contributed by atoms with Crippen LogP contribution in [0.5, 0.6) is 0 Å². The fourth-order valence-electron chi connectivity index (χ4n) is 11.2. The lowest BCUT2D eigenvalue weighted by molar-refractivity contribution is -0.161. The van der Waals surface area contributed by atoms with E-state index in [2.05, 4.69) is 34.6 Å². The van der Waals surface area contributed by atoms with Crippen LogP contribution >= 0.6 is 0 Å². The summed E-state index contributed by atoms with van der Waals surface area (Å²) in [6.45, 7) is 14.4. The maximum Gasteiger partial charge on any atom is 0.129 e. The van der Waals surface area contributed by atoms with Crippen LogP contribution in [0.15, 0.2) is 0 Å². The molecule has 5 saturated carbocycles. The molecule has 1 N–H and O–H groups in total. The Morgan fingerprint density at radius 2 is 1.58 bits per heavy atom. The fraction of sp³-hybridized carbons (Fsp3) is 0.966. The van der Waals surface area contributed by atoms with Gasteiger partial charge in [0.15, 0.2) is 0 Å². The molecule has 176 valence electrons. The number of carbonyl (C=O) groups is 1. The second-order valence-electron chi connectivity index (χ2n) is 14.1. The van der Waals surface area contributed by atoms with Crippen LogP contribution in [0.4, 0.5) is 0 Å². The smallest absolute Gasteiger partial charge is 0.129 e. The Bertz CT molecular complexity index is 756. The molecule has 2 heteroatoms. The lowest BCUT2D eigenvalue weighted by atomic mass is 9.41. The van der Waals surface area contributed by atoms with Gasteiger partial charge >= 0.3 is 0 Å². The highest BCUT2D eigenvalue weighted by molar-refractivity contribution is 5.75. The first-order chi connectivity index (χ1) is 14.4. The summed E-state index contributed by atoms with van der Waals surface area (Å²) < 4.78 is 0. The highest BCUT2D eigenvalue weighted by Crippen LogP contribution is 2.89. The molecule has 0 aromatic carbocycles. The van der Waals surface area contributed by atoms with Crippen molar-refractivity contribution in [3.05, 3.63) is 0 Å². The van der Waals surface area contributed by atoms with Crippen molar-refractivity contribution in [1.82, 2.24) is 0 Å². The number of Topliss-reactive ketones (excluding diaryl/α,β-unsaturated/α-hetero) is 1. The number of aliphatic hydroxyl groups is 1. The topological polar surface area (TPSA) is 37.3 Å². The molecule has 5 aliphatic carbocycles. The average Bonchev–Trinajstić information content (AvgIpc) is 3.27. The molecule has 5 fully saturated rings. The van der Waals surface area contributed by atoms with Crippen LogP contribution in [0.1, 0.15) is 119 Å². The van der Waals surface area contributed by atoms with Gasteiger partial charge < -0.3 is 9.90 Å². The van der Waals surface area contributed by atoms with Gasteiger partial charge in [-0.2, -0.15) is 0 Å². The van der Waals surface area contributed by atoms with Crippen molar-refractivity contribution < 1.29 is 9.90 Å². The predicted molar refractivity (Wildman–Crippen MR) is 127 cm³/mol. The first-order valence-corrected chi connectivity index (χ1v) is 13.6. The molecule has 0 amide bonds. The zero-order chi connectivity index (χ0) is 22.4. The Kier molecular flexibility index (Phi) is 4.94. The van der Waals surface area contributed by atoms with Gasteiger partial charge in [-0.25, -0.2) is 0 Å². The Balaban J connectivity index is 1.39. The van der Waals surface area contributed by atoms with Crippen LogP contribution < -0.4 is 0 Å². The lowest BCUT2D eigenvalue weighted by Crippen LogP contribution is -2.57. The first kappa shape index (κ1) is 22.4. The van der Waals surface area contributed by atoms with Gasteiger partial charge in [-0.3, -0.25) is 0 Å². The summed E-state index contributed by atoms with van der Waals surface area (Å²) in [6.07, 6.45) is 15.2. The molecular weight excluding hydrogens is 380 g/mol. The number of fused-ring (bicyclic) bond motifs is 2. The van der Waals surface area contributed by atoms with Crippen LogP contribution in [-0.2, 0) is 4.79 Å². The van der Waals surface area contributed by atoms with Crippen molar-refractivity contribution in [3.8, 4) is 0 Å². The number of ketones is 1. The molecule has 0 aromatic rings. The van der Waals surface area contributed by atoms with E-state index in [1.807, 2.05) is 0 Å². The van der Waals surface area contributed by atoms with Crippen LogP contribution in [0.3, 0.4) is 0 Å². The fourth-order valence-corrected chi connectivity index (χ4v) is 11.2. The van der Waals surface area contributed by atoms with Crippen molar-refractivity contribution >= 4 is 5.78 Å². The molecule has 0 radical (unpaired) electrons. The average molecular weight is 429 g/mol. The minimum atomic E-state index is -0.103. The van der Waals surface area contributed by atoms with Gasteiger partial charge in [0.2, 0.25) is 0 Å². The highest BCUT2D eigenvalue weighted by Gasteiger charge is 2.82. The normalized spacial score (nSPS) is 53.0. The van der Waals surface area contributed by atoms with Gasteiger partial charge in [0, 0.05) is 6.42 Å². The van der Waals surface area contributed by atoms with Gasteiger partial charge in [-0.15, -0.1) is 0 Å². The minimum Gasteiger partial charge on any atom is -0.393 e. The van der Waals surface area contributed by atoms with E-state index in [9.17, 15) is 9.90 Å². The summed E-state index contributed by atoms with van der Waals surface area (Å²) >= 11 is 0. The second kappa shape index (κ2) is 6.83. The Labute approximate surface area is 191 Å². The lowest BCUT2D eigenvalue weighted by Gasteiger charge is -2.63. The quantitative estimate of drug-likeness (QED) is 0.503. The number of hydrogen-bond acceptors (Lipinski definition) is 2. The SMILES string of the molecule is CC(=O)CCC[C@H](C)[C@H]1CC[C@@]2(C)[C@@H]3CC[C@H]4C(C)(C)[C@@H](O)CC[C@@]45C[C@@]35CC[C@]12C. The monoisotopic (exact) mass is 428 g/mol. The highest BCUT2D eigenvalue weighted by atomic mass is 16.3. The summed E-state index contributed by atoms with van der Waals surface area (Å²) in [7, 11) is 0. The third-order valence-electron chi connectivity index (χ3n) is 13.0. The molecule has 31 heavy (non-hydrogen) atoms. The summed E-state index contributed by atoms with van der Waals surface area (Å²) in [5, 5.41) is 10.8. The second-order valence-corrected chi connectivity index (χ2v) is 14.1. The largest absolute Gasteiger partial charge is 0.393 e. The molecule has 2 spiro atoms. The number of carbonyl (C=O) groups excluding carboxylic acids is 1. The third-order valence-corrected chi connectivity index (χ3v) is 13.0. The number of aliphatic hydroxyl groups excluding tert-OH is 1. The van der Waals surface area contributed by atoms with E-state index in [0.717, 1.165) is 42.9 Å². The molecule has 5 aliphatic rings. The first-order valence-electron chi connectivity index (χ1n) is 13.6. The van der Waals surface area contributed by atoms with Gasteiger partial charge in [-0.1, -0.05) is 41.0 Å². The molecule has 5 rings (SSSR count). The molecule has 0 unspecified atom stereocenters. The van der Waals surface area contributed by atoms with E-state index in [-0.39, 0.29) is 11.5 Å². The zero-order valence-electron chi connectivity index (χ0n) is 21.2. The number of rotatable bonds is 5. The van der Waals surface area contributed by atoms with E-state index in [1.165, 1.54) is 57.8 Å². The predicted octanol–water partition coefficient (Wildman–Crippen LogP) is 7.18. The Morgan fingerprint density at radius 1 is 0.903 bits per heavy atom. The molecule has 0 bridgehead atoms. The van der Waals surface area contributed by atoms with Crippen LogP contribution in [0.2, 0.25) is 0 Å². The van der Waals surface area contributed by atoms with Gasteiger partial charge in [0.1, 0.15) is 5.78 Å². The van der Waals surface area contributed by atoms with E-state index in [0.29, 0.717) is 27.4 Å². The number of hydrogen-bond donors (Lipinski definition) is 1. The van der Waals surface area contributed by atoms with E-state index in [4.69, 9.17) is 0 Å². The van der Waals surface area contributed by atoms with E-state index in [1.54, 1.807) is 6.92 Å². The maximum atomic E-state index is 11.5. The van der Waals surface area contributed by atoms with Crippen molar-refractivity contribution in [2.24, 2.45) is 50.7 Å². The van der Waals surface area contributed by atoms with Crippen LogP contribution in [0, 0.1) is 50.7 Å². The van der Waals surface area contributed by atoms with Gasteiger partial charge in [-0.05, 0) is 122 Å². The maximum absolute atomic E-state index is 11.5. The molecule has 9 atom stereocenters. The molecule has 0 aliphatic heterocycles. The molecular formula is C29H48O2. The van der Waals surface area contributed by atoms with Crippen LogP contribution in [-0.4, -0.2) is 17.0 Å². The van der Waals surface area contributed by atoms with Crippen molar-refractivity contribution in [3.63, 3.8) is 0 Å². The summed E-state index contributed by atoms with van der Waals surface area (Å²) in [5.74, 6) is 3.56. The summed E-state index contributed by atoms with van der Waals surface area (Å²) in [6, 6.07) is 0. The van der Waals surface area contributed by atoms with Gasteiger partial charge in [0.05, 0.1) is 6.10 Å². The van der Waals surface area contributed by atoms with Crippen LogP contribution in [0.25, 0.3) is 0 Å². The summed E-state index contributed by atoms with van der Waals surface area (Å²) in [5.41, 5.74) is 2.19. The standard InChI is InChI=1S/C29H48O2/c1-19(8-7-9-20(2)30)21-12-14-27(6)23-11-10-22-25(3,4)24(31)13-15-28(22)18-29(23,28)17-16-26(21,27)5/h19,21-24,31H,7-18H2,1-6H3/t19-,21+,22-,23-,24-,26+,27-,28+,29-/m0/s1. The zero-order valence-corrected chi connectivity index (χ0v) is 21.2. The van der Waals surface area contributed by atoms with Crippen molar-refractivity contribution in [2.75, 3.05) is 0 Å².